The molecule has 21 heavy (non-hydrogen) atoms. The number of carbonyl (C=O) groups excluding carboxylic acids is 1. The molecule has 0 saturated heterocycles. The quantitative estimate of drug-likeness (QED) is 0.671. The number of halogens is 1. The molecule has 2 aromatic rings. The number of nitrogens with one attached hydrogen (secondary N) is 1. The van der Waals surface area contributed by atoms with Gasteiger partial charge in [0.1, 0.15) is 5.56 Å². The van der Waals surface area contributed by atoms with Crippen LogP contribution in [0.25, 0.3) is 0 Å². The second kappa shape index (κ2) is 6.34. The Morgan fingerprint density at radius 1 is 1.29 bits per heavy atom. The molecule has 0 spiro atoms. The first-order chi connectivity index (χ1) is 10.0. The molecule has 2 rings (SSSR count). The average Bonchev–Trinajstić information content (AvgIpc) is 2.47. The molecule has 7 heteroatoms. The molecule has 0 radical (unpaired) electrons. The van der Waals surface area contributed by atoms with Crippen molar-refractivity contribution in [2.24, 2.45) is 0 Å². The summed E-state index contributed by atoms with van der Waals surface area (Å²) in [5.74, 6) is -0.617. The highest BCUT2D eigenvalue weighted by Crippen LogP contribution is 2.24. The molecule has 0 atom stereocenters. The molecule has 0 aliphatic carbocycles. The zero-order valence-corrected chi connectivity index (χ0v) is 11.5. The predicted molar refractivity (Wildman–Crippen MR) is 78.4 cm³/mol. The van der Waals surface area contributed by atoms with Crippen LogP contribution in [-0.4, -0.2) is 15.9 Å². The summed E-state index contributed by atoms with van der Waals surface area (Å²) >= 11 is 5.70. The van der Waals surface area contributed by atoms with Crippen LogP contribution < -0.4 is 5.32 Å². The van der Waals surface area contributed by atoms with Gasteiger partial charge in [-0.1, -0.05) is 23.7 Å². The van der Waals surface area contributed by atoms with E-state index in [1.807, 2.05) is 0 Å². The van der Waals surface area contributed by atoms with Gasteiger partial charge in [0.15, 0.2) is 0 Å². The Kier molecular flexibility index (Phi) is 4.52. The van der Waals surface area contributed by atoms with E-state index in [-0.39, 0.29) is 22.9 Å². The Balaban J connectivity index is 2.30. The lowest BCUT2D eigenvalue weighted by atomic mass is 10.1. The van der Waals surface area contributed by atoms with Gasteiger partial charge in [0.2, 0.25) is 0 Å². The van der Waals surface area contributed by atoms with Crippen molar-refractivity contribution < 1.29 is 14.8 Å². The average molecular weight is 307 g/mol. The second-order valence-electron chi connectivity index (χ2n) is 4.23. The van der Waals surface area contributed by atoms with E-state index in [1.54, 1.807) is 24.3 Å². The van der Waals surface area contributed by atoms with Crippen LogP contribution >= 0.6 is 11.6 Å². The van der Waals surface area contributed by atoms with Crippen molar-refractivity contribution in [3.05, 3.63) is 68.7 Å². The number of nitrogens with zero attached hydrogens (tertiary/aromatic N) is 1. The van der Waals surface area contributed by atoms with Gasteiger partial charge < -0.3 is 10.4 Å². The monoisotopic (exact) mass is 306 g/mol. The van der Waals surface area contributed by atoms with Gasteiger partial charge in [-0.2, -0.15) is 0 Å². The predicted octanol–water partition coefficient (Wildman–Crippen LogP) is 2.99. The maximum Gasteiger partial charge on any atom is 0.283 e. The lowest BCUT2D eigenvalue weighted by Gasteiger charge is -2.07. The SMILES string of the molecule is O=C(Nc1cccc(CO)c1)c1ccc(Cl)cc1[N+](=O)[O-]. The number of nitro benzene ring substituents is 1. The molecule has 0 fully saturated rings. The molecule has 6 nitrogen and oxygen atoms in total. The Labute approximate surface area is 125 Å². The summed E-state index contributed by atoms with van der Waals surface area (Å²) in [6, 6.07) is 10.4. The molecule has 0 bridgehead atoms. The molecular weight excluding hydrogens is 296 g/mol. The zero-order valence-electron chi connectivity index (χ0n) is 10.7. The van der Waals surface area contributed by atoms with Gasteiger partial charge in [0, 0.05) is 16.8 Å². The highest BCUT2D eigenvalue weighted by Gasteiger charge is 2.20. The number of carbonyl (C=O) groups is 1. The van der Waals surface area contributed by atoms with Crippen molar-refractivity contribution in [3.8, 4) is 0 Å². The fourth-order valence-electron chi connectivity index (χ4n) is 1.79. The second-order valence-corrected chi connectivity index (χ2v) is 4.67. The molecule has 0 aliphatic heterocycles. The molecular formula is C14H11ClN2O4. The Hall–Kier alpha value is -2.44. The highest BCUT2D eigenvalue weighted by atomic mass is 35.5. The number of aliphatic hydroxyl groups excluding tert-OH is 1. The van der Waals surface area contributed by atoms with Crippen LogP contribution in [0.1, 0.15) is 15.9 Å². The molecule has 108 valence electrons. The first kappa shape index (κ1) is 15.0. The third-order valence-electron chi connectivity index (χ3n) is 2.77. The molecule has 0 aliphatic rings. The minimum absolute atomic E-state index is 0.0844. The fraction of sp³-hybridized carbons (Fsp3) is 0.0714. The maximum atomic E-state index is 12.1. The largest absolute Gasteiger partial charge is 0.392 e. The van der Waals surface area contributed by atoms with Gasteiger partial charge in [-0.15, -0.1) is 0 Å². The fourth-order valence-corrected chi connectivity index (χ4v) is 1.96. The van der Waals surface area contributed by atoms with Gasteiger partial charge >= 0.3 is 0 Å². The summed E-state index contributed by atoms with van der Waals surface area (Å²) in [5, 5.41) is 22.7. The molecule has 0 heterocycles. The minimum atomic E-state index is -0.662. The van der Waals surface area contributed by atoms with Crippen LogP contribution in [0.4, 0.5) is 11.4 Å². The van der Waals surface area contributed by atoms with Crippen LogP contribution in [0.2, 0.25) is 5.02 Å². The lowest BCUT2D eigenvalue weighted by molar-refractivity contribution is -0.385. The normalized spacial score (nSPS) is 10.2. The van der Waals surface area contributed by atoms with Gasteiger partial charge in [0.25, 0.3) is 11.6 Å². The molecule has 0 unspecified atom stereocenters. The number of anilines is 1. The highest BCUT2D eigenvalue weighted by molar-refractivity contribution is 6.31. The van der Waals surface area contributed by atoms with E-state index >= 15 is 0 Å². The number of benzene rings is 2. The summed E-state index contributed by atoms with van der Waals surface area (Å²) < 4.78 is 0. The summed E-state index contributed by atoms with van der Waals surface area (Å²) in [5.41, 5.74) is 0.617. The van der Waals surface area contributed by atoms with E-state index in [0.29, 0.717) is 11.3 Å². The summed E-state index contributed by atoms with van der Waals surface area (Å²) in [7, 11) is 0. The van der Waals surface area contributed by atoms with Crippen LogP contribution in [0.3, 0.4) is 0 Å². The van der Waals surface area contributed by atoms with Gasteiger partial charge in [-0.3, -0.25) is 14.9 Å². The number of amides is 1. The van der Waals surface area contributed by atoms with Crippen molar-refractivity contribution in [1.82, 2.24) is 0 Å². The third kappa shape index (κ3) is 3.56. The smallest absolute Gasteiger partial charge is 0.283 e. The van der Waals surface area contributed by atoms with Gasteiger partial charge in [0.05, 0.1) is 11.5 Å². The van der Waals surface area contributed by atoms with Crippen LogP contribution in [0, 0.1) is 10.1 Å². The zero-order chi connectivity index (χ0) is 15.4. The topological polar surface area (TPSA) is 92.5 Å². The van der Waals surface area contributed by atoms with Crippen molar-refractivity contribution in [2.45, 2.75) is 6.61 Å². The first-order valence-electron chi connectivity index (χ1n) is 5.96. The summed E-state index contributed by atoms with van der Waals surface area (Å²) in [6.45, 7) is -0.162. The van der Waals surface area contributed by atoms with E-state index in [2.05, 4.69) is 5.32 Å². The molecule has 2 aromatic carbocycles. The minimum Gasteiger partial charge on any atom is -0.392 e. The van der Waals surface area contributed by atoms with Crippen LogP contribution in [-0.2, 0) is 6.61 Å². The number of hydrogen-bond donors (Lipinski definition) is 2. The summed E-state index contributed by atoms with van der Waals surface area (Å²) in [4.78, 5) is 22.4. The number of rotatable bonds is 4. The number of aliphatic hydroxyl groups is 1. The first-order valence-corrected chi connectivity index (χ1v) is 6.34. The number of nitro groups is 1. The van der Waals surface area contributed by atoms with E-state index in [1.165, 1.54) is 12.1 Å². The van der Waals surface area contributed by atoms with E-state index in [9.17, 15) is 14.9 Å². The van der Waals surface area contributed by atoms with Crippen molar-refractivity contribution in [1.29, 1.82) is 0 Å². The lowest BCUT2D eigenvalue weighted by Crippen LogP contribution is -2.14. The van der Waals surface area contributed by atoms with E-state index in [4.69, 9.17) is 16.7 Å². The standard InChI is InChI=1S/C14H11ClN2O4/c15-10-4-5-12(13(7-10)17(20)21)14(19)16-11-3-1-2-9(6-11)8-18/h1-7,18H,8H2,(H,16,19). The Bertz CT molecular complexity index is 703. The Morgan fingerprint density at radius 2 is 2.05 bits per heavy atom. The van der Waals surface area contributed by atoms with Gasteiger partial charge in [-0.05, 0) is 29.8 Å². The van der Waals surface area contributed by atoms with Crippen molar-refractivity contribution in [3.63, 3.8) is 0 Å². The molecule has 0 aromatic heterocycles. The van der Waals surface area contributed by atoms with Gasteiger partial charge in [-0.25, -0.2) is 0 Å². The molecule has 1 amide bonds. The maximum absolute atomic E-state index is 12.1. The van der Waals surface area contributed by atoms with Crippen LogP contribution in [0.15, 0.2) is 42.5 Å². The van der Waals surface area contributed by atoms with Crippen molar-refractivity contribution in [2.75, 3.05) is 5.32 Å². The molecule has 2 N–H and O–H groups in total. The van der Waals surface area contributed by atoms with Crippen LogP contribution in [0.5, 0.6) is 0 Å². The number of hydrogen-bond acceptors (Lipinski definition) is 4. The van der Waals surface area contributed by atoms with E-state index in [0.717, 1.165) is 6.07 Å². The third-order valence-corrected chi connectivity index (χ3v) is 3.00. The summed E-state index contributed by atoms with van der Waals surface area (Å²) in [6.07, 6.45) is 0. The van der Waals surface area contributed by atoms with Crippen molar-refractivity contribution >= 4 is 28.9 Å². The Morgan fingerprint density at radius 3 is 2.71 bits per heavy atom. The van der Waals surface area contributed by atoms with E-state index < -0.39 is 10.8 Å². The molecule has 0 saturated carbocycles.